The van der Waals surface area contributed by atoms with E-state index in [9.17, 15) is 26.4 Å². The second kappa shape index (κ2) is 3.30. The fourth-order valence-corrected chi connectivity index (χ4v) is 1.05. The van der Waals surface area contributed by atoms with Crippen LogP contribution in [0.5, 0.6) is 0 Å². The van der Waals surface area contributed by atoms with Gasteiger partial charge in [-0.3, -0.25) is 4.79 Å². The van der Waals surface area contributed by atoms with E-state index in [1.807, 2.05) is 0 Å². The van der Waals surface area contributed by atoms with Crippen LogP contribution in [0.2, 0.25) is 0 Å². The highest BCUT2D eigenvalue weighted by atomic mass is 32.2. The number of carboxylic acids is 1. The van der Waals surface area contributed by atoms with Gasteiger partial charge in [0.15, 0.2) is 12.4 Å². The number of alkyl halides is 3. The molecule has 0 aromatic rings. The van der Waals surface area contributed by atoms with Crippen LogP contribution in [0.3, 0.4) is 0 Å². The molecule has 0 aliphatic carbocycles. The lowest BCUT2D eigenvalue weighted by Crippen LogP contribution is -2.35. The summed E-state index contributed by atoms with van der Waals surface area (Å²) in [5.41, 5.74) is 0. The van der Waals surface area contributed by atoms with Gasteiger partial charge in [-0.2, -0.15) is 8.78 Å². The Labute approximate surface area is 65.9 Å². The summed E-state index contributed by atoms with van der Waals surface area (Å²) in [5, 5.41) is 3.27. The average molecular weight is 206 g/mol. The van der Waals surface area contributed by atoms with Crippen LogP contribution in [0, 0.1) is 0 Å². The normalized spacial score (nSPS) is 12.9. The minimum absolute atomic E-state index is 1.77. The van der Waals surface area contributed by atoms with Gasteiger partial charge in [0.1, 0.15) is 0 Å². The minimum atomic E-state index is -5.22. The van der Waals surface area contributed by atoms with Crippen molar-refractivity contribution in [2.75, 3.05) is 12.4 Å². The topological polar surface area (TPSA) is 71.4 Å². The molecule has 0 bridgehead atoms. The molecule has 8 heteroatoms. The second-order valence-electron chi connectivity index (χ2n) is 1.92. The van der Waals surface area contributed by atoms with Crippen LogP contribution in [-0.4, -0.2) is 37.2 Å². The van der Waals surface area contributed by atoms with Gasteiger partial charge < -0.3 is 5.11 Å². The summed E-state index contributed by atoms with van der Waals surface area (Å²) in [4.78, 5) is 9.74. The van der Waals surface area contributed by atoms with Gasteiger partial charge in [0.05, 0.1) is 0 Å². The van der Waals surface area contributed by atoms with Crippen molar-refractivity contribution in [2.45, 2.75) is 5.25 Å². The summed E-state index contributed by atoms with van der Waals surface area (Å²) in [7, 11) is -5.22. The zero-order valence-electron chi connectivity index (χ0n) is 5.63. The summed E-state index contributed by atoms with van der Waals surface area (Å²) < 4.78 is 56.2. The summed E-state index contributed by atoms with van der Waals surface area (Å²) in [6, 6.07) is 0. The highest BCUT2D eigenvalue weighted by Crippen LogP contribution is 2.22. The molecular weight excluding hydrogens is 201 g/mol. The van der Waals surface area contributed by atoms with E-state index >= 15 is 0 Å². The van der Waals surface area contributed by atoms with Crippen molar-refractivity contribution in [1.82, 2.24) is 0 Å². The molecule has 0 amide bonds. The van der Waals surface area contributed by atoms with Gasteiger partial charge in [0.2, 0.25) is 9.84 Å². The molecule has 0 saturated carbocycles. The second-order valence-corrected chi connectivity index (χ2v) is 4.04. The fourth-order valence-electron chi connectivity index (χ4n) is 0.351. The number of sulfone groups is 1. The smallest absolute Gasteiger partial charge is 0.373 e. The highest BCUT2D eigenvalue weighted by Gasteiger charge is 2.46. The number of hydrogen-bond acceptors (Lipinski definition) is 3. The van der Waals surface area contributed by atoms with Crippen molar-refractivity contribution >= 4 is 15.8 Å². The van der Waals surface area contributed by atoms with E-state index in [-0.39, 0.29) is 0 Å². The molecule has 0 aliphatic rings. The zero-order valence-corrected chi connectivity index (χ0v) is 6.44. The van der Waals surface area contributed by atoms with Crippen LogP contribution in [0.15, 0.2) is 0 Å². The van der Waals surface area contributed by atoms with E-state index in [2.05, 4.69) is 0 Å². The molecule has 0 saturated heterocycles. The van der Waals surface area contributed by atoms with Gasteiger partial charge in [-0.15, -0.1) is 0 Å². The molecule has 0 spiro atoms. The predicted octanol–water partition coefficient (Wildman–Crippen LogP) is 0.0481. The maximum absolute atomic E-state index is 12.1. The standard InChI is InChI=1S/C4H5F3O4S/c5-2-4(6,7)12(10,11)1-3(8)9/h1-2H2,(H,8,9). The highest BCUT2D eigenvalue weighted by molar-refractivity contribution is 7.93. The molecule has 0 aromatic heterocycles. The van der Waals surface area contributed by atoms with Gasteiger partial charge in [0, 0.05) is 0 Å². The largest absolute Gasteiger partial charge is 0.480 e. The van der Waals surface area contributed by atoms with Gasteiger partial charge >= 0.3 is 11.2 Å². The van der Waals surface area contributed by atoms with Crippen LogP contribution in [-0.2, 0) is 14.6 Å². The molecule has 12 heavy (non-hydrogen) atoms. The SMILES string of the molecule is O=C(O)CS(=O)(=O)C(F)(F)CF. The summed E-state index contributed by atoms with van der Waals surface area (Å²) >= 11 is 0. The predicted molar refractivity (Wildman–Crippen MR) is 32.3 cm³/mol. The summed E-state index contributed by atoms with van der Waals surface area (Å²) in [5.74, 6) is -3.72. The first-order valence-electron chi connectivity index (χ1n) is 2.61. The number of carboxylic acid groups (broad SMARTS) is 1. The quantitative estimate of drug-likeness (QED) is 0.705. The Balaban J connectivity index is 4.75. The number of carbonyl (C=O) groups is 1. The third kappa shape index (κ3) is 2.36. The average Bonchev–Trinajstić information content (AvgIpc) is 1.84. The van der Waals surface area contributed by atoms with Crippen LogP contribution >= 0.6 is 0 Å². The lowest BCUT2D eigenvalue weighted by Gasteiger charge is -2.10. The molecule has 0 fully saturated rings. The van der Waals surface area contributed by atoms with Gasteiger partial charge in [-0.05, 0) is 0 Å². The first-order chi connectivity index (χ1) is 5.23. The molecule has 0 unspecified atom stereocenters. The lowest BCUT2D eigenvalue weighted by atomic mass is 10.8. The van der Waals surface area contributed by atoms with E-state index < -0.39 is 33.5 Å². The van der Waals surface area contributed by atoms with Gasteiger partial charge in [-0.25, -0.2) is 12.8 Å². The van der Waals surface area contributed by atoms with Gasteiger partial charge in [-0.1, -0.05) is 0 Å². The van der Waals surface area contributed by atoms with E-state index in [1.165, 1.54) is 0 Å². The first-order valence-corrected chi connectivity index (χ1v) is 4.26. The number of rotatable bonds is 4. The number of halogens is 3. The molecule has 0 radical (unpaired) electrons. The third-order valence-electron chi connectivity index (χ3n) is 0.924. The zero-order chi connectivity index (χ0) is 9.99. The van der Waals surface area contributed by atoms with Crippen molar-refractivity contribution < 1.29 is 31.5 Å². The van der Waals surface area contributed by atoms with Crippen molar-refractivity contribution in [3.63, 3.8) is 0 Å². The number of aliphatic carboxylic acids is 1. The third-order valence-corrected chi connectivity index (χ3v) is 2.57. The maximum atomic E-state index is 12.1. The lowest BCUT2D eigenvalue weighted by molar-refractivity contribution is -0.134. The van der Waals surface area contributed by atoms with Crippen molar-refractivity contribution in [2.24, 2.45) is 0 Å². The molecule has 1 N–H and O–H groups in total. The van der Waals surface area contributed by atoms with Crippen LogP contribution in [0.4, 0.5) is 13.2 Å². The van der Waals surface area contributed by atoms with Crippen molar-refractivity contribution in [1.29, 1.82) is 0 Å². The first kappa shape index (κ1) is 11.2. The Hall–Kier alpha value is -0.790. The molecule has 0 aromatic carbocycles. The van der Waals surface area contributed by atoms with Crippen LogP contribution in [0.1, 0.15) is 0 Å². The van der Waals surface area contributed by atoms with E-state index in [1.54, 1.807) is 0 Å². The monoisotopic (exact) mass is 206 g/mol. The van der Waals surface area contributed by atoms with Gasteiger partial charge in [0.25, 0.3) is 0 Å². The molecule has 0 heterocycles. The molecule has 0 atom stereocenters. The maximum Gasteiger partial charge on any atom is 0.373 e. The Morgan fingerprint density at radius 3 is 2.08 bits per heavy atom. The Kier molecular flexibility index (Phi) is 3.08. The van der Waals surface area contributed by atoms with Crippen molar-refractivity contribution in [3.8, 4) is 0 Å². The van der Waals surface area contributed by atoms with Crippen molar-refractivity contribution in [3.05, 3.63) is 0 Å². The molecule has 4 nitrogen and oxygen atoms in total. The van der Waals surface area contributed by atoms with E-state index in [0.29, 0.717) is 0 Å². The van der Waals surface area contributed by atoms with Crippen LogP contribution < -0.4 is 0 Å². The van der Waals surface area contributed by atoms with Crippen LogP contribution in [0.25, 0.3) is 0 Å². The Morgan fingerprint density at radius 2 is 1.83 bits per heavy atom. The molecule has 0 aliphatic heterocycles. The summed E-state index contributed by atoms with van der Waals surface area (Å²) in [6.45, 7) is -2.41. The molecular formula is C4H5F3O4S. The minimum Gasteiger partial charge on any atom is -0.480 e. The fraction of sp³-hybridized carbons (Fsp3) is 0.750. The van der Waals surface area contributed by atoms with E-state index in [4.69, 9.17) is 5.11 Å². The molecule has 0 rings (SSSR count). The Bertz CT molecular complexity index is 270. The Morgan fingerprint density at radius 1 is 1.42 bits per heavy atom. The number of hydrogen-bond donors (Lipinski definition) is 1. The summed E-state index contributed by atoms with van der Waals surface area (Å²) in [6.07, 6.45) is 0. The molecule has 72 valence electrons. The van der Waals surface area contributed by atoms with E-state index in [0.717, 1.165) is 0 Å².